The van der Waals surface area contributed by atoms with Gasteiger partial charge in [-0.2, -0.15) is 5.26 Å². The number of nitrogen functional groups attached to an aromatic ring is 1. The van der Waals surface area contributed by atoms with Gasteiger partial charge in [0.05, 0.1) is 33.9 Å². The first-order chi connectivity index (χ1) is 9.02. The number of anilines is 1. The Morgan fingerprint density at radius 3 is 2.32 bits per heavy atom. The zero-order valence-electron chi connectivity index (χ0n) is 9.62. The van der Waals surface area contributed by atoms with E-state index in [-0.39, 0.29) is 6.42 Å². The van der Waals surface area contributed by atoms with Crippen molar-refractivity contribution in [3.63, 3.8) is 0 Å². The zero-order valence-corrected chi connectivity index (χ0v) is 11.9. The van der Waals surface area contributed by atoms with E-state index in [0.29, 0.717) is 32.0 Å². The van der Waals surface area contributed by atoms with Gasteiger partial charge in [-0.3, -0.25) is 4.98 Å². The van der Waals surface area contributed by atoms with Gasteiger partial charge in [0.2, 0.25) is 0 Å². The molecule has 2 N–H and O–H groups in total. The lowest BCUT2D eigenvalue weighted by atomic mass is 10.1. The molecule has 0 fully saturated rings. The van der Waals surface area contributed by atoms with Gasteiger partial charge in [0.25, 0.3) is 0 Å². The Labute approximate surface area is 125 Å². The minimum absolute atomic E-state index is 0.250. The third-order valence-corrected chi connectivity index (χ3v) is 3.32. The molecule has 0 bridgehead atoms. The average molecular weight is 313 g/mol. The fourth-order valence-corrected chi connectivity index (χ4v) is 2.69. The van der Waals surface area contributed by atoms with Gasteiger partial charge in [0, 0.05) is 16.8 Å². The van der Waals surface area contributed by atoms with Gasteiger partial charge >= 0.3 is 0 Å². The molecular formula is C13H8Cl3N3. The molecule has 96 valence electrons. The lowest BCUT2D eigenvalue weighted by Crippen LogP contribution is -1.97. The molecule has 2 rings (SSSR count). The number of pyridine rings is 1. The van der Waals surface area contributed by atoms with Crippen molar-refractivity contribution >= 4 is 40.5 Å². The molecule has 1 heterocycles. The van der Waals surface area contributed by atoms with E-state index in [0.717, 1.165) is 5.56 Å². The Hall–Kier alpha value is -1.47. The molecule has 1 aromatic carbocycles. The second-order valence-electron chi connectivity index (χ2n) is 3.86. The highest BCUT2D eigenvalue weighted by molar-refractivity contribution is 6.41. The second kappa shape index (κ2) is 5.66. The summed E-state index contributed by atoms with van der Waals surface area (Å²) in [5, 5.41) is 9.84. The minimum atomic E-state index is 0.250. The van der Waals surface area contributed by atoms with E-state index < -0.39 is 0 Å². The van der Waals surface area contributed by atoms with E-state index in [1.807, 2.05) is 6.07 Å². The van der Waals surface area contributed by atoms with Gasteiger partial charge in [-0.05, 0) is 23.8 Å². The Kier molecular flexibility index (Phi) is 4.16. The maximum absolute atomic E-state index is 8.64. The van der Waals surface area contributed by atoms with Crippen LogP contribution in [0.25, 0.3) is 11.3 Å². The number of nitrogens with zero attached hydrogens (tertiary/aromatic N) is 2. The van der Waals surface area contributed by atoms with Crippen LogP contribution >= 0.6 is 34.8 Å². The van der Waals surface area contributed by atoms with Crippen LogP contribution in [0.1, 0.15) is 5.56 Å². The summed E-state index contributed by atoms with van der Waals surface area (Å²) in [5.41, 5.74) is 8.11. The predicted molar refractivity (Wildman–Crippen MR) is 78.4 cm³/mol. The van der Waals surface area contributed by atoms with E-state index in [9.17, 15) is 0 Å². The van der Waals surface area contributed by atoms with Gasteiger partial charge in [-0.25, -0.2) is 0 Å². The third kappa shape index (κ3) is 2.93. The summed E-state index contributed by atoms with van der Waals surface area (Å²) >= 11 is 18.1. The summed E-state index contributed by atoms with van der Waals surface area (Å²) in [6, 6.07) is 6.88. The molecule has 19 heavy (non-hydrogen) atoms. The van der Waals surface area contributed by atoms with Gasteiger partial charge in [0.1, 0.15) is 0 Å². The minimum Gasteiger partial charge on any atom is -0.397 e. The van der Waals surface area contributed by atoms with E-state index in [2.05, 4.69) is 4.98 Å². The van der Waals surface area contributed by atoms with Crippen LogP contribution in [0.2, 0.25) is 15.1 Å². The van der Waals surface area contributed by atoms with Crippen LogP contribution in [0, 0.1) is 11.3 Å². The molecule has 0 aliphatic rings. The van der Waals surface area contributed by atoms with Crippen LogP contribution in [0.15, 0.2) is 24.4 Å². The van der Waals surface area contributed by atoms with Crippen LogP contribution in [0.5, 0.6) is 0 Å². The van der Waals surface area contributed by atoms with E-state index in [1.54, 1.807) is 24.4 Å². The quantitative estimate of drug-likeness (QED) is 0.896. The van der Waals surface area contributed by atoms with Gasteiger partial charge in [-0.1, -0.05) is 34.8 Å². The number of hydrogen-bond acceptors (Lipinski definition) is 3. The van der Waals surface area contributed by atoms with Crippen LogP contribution in [0.4, 0.5) is 5.69 Å². The molecule has 0 aliphatic carbocycles. The Balaban J connectivity index is 2.57. The molecular weight excluding hydrogens is 305 g/mol. The largest absolute Gasteiger partial charge is 0.397 e. The molecule has 0 radical (unpaired) electrons. The summed E-state index contributed by atoms with van der Waals surface area (Å²) < 4.78 is 0. The number of benzene rings is 1. The second-order valence-corrected chi connectivity index (χ2v) is 5.11. The van der Waals surface area contributed by atoms with Crippen molar-refractivity contribution in [2.75, 3.05) is 5.73 Å². The highest BCUT2D eigenvalue weighted by Gasteiger charge is 2.14. The average Bonchev–Trinajstić information content (AvgIpc) is 2.31. The Morgan fingerprint density at radius 2 is 1.79 bits per heavy atom. The molecule has 0 saturated heterocycles. The van der Waals surface area contributed by atoms with E-state index in [1.165, 1.54) is 0 Å². The highest BCUT2D eigenvalue weighted by atomic mass is 35.5. The first kappa shape index (κ1) is 14.0. The number of nitrogens with two attached hydrogens (primary N) is 1. The molecule has 0 unspecified atom stereocenters. The van der Waals surface area contributed by atoms with Crippen molar-refractivity contribution in [1.82, 2.24) is 4.98 Å². The first-order valence-corrected chi connectivity index (χ1v) is 6.42. The molecule has 2 aromatic rings. The van der Waals surface area contributed by atoms with Crippen molar-refractivity contribution in [1.29, 1.82) is 5.26 Å². The van der Waals surface area contributed by atoms with Crippen LogP contribution < -0.4 is 5.73 Å². The number of aromatic nitrogens is 1. The third-order valence-electron chi connectivity index (χ3n) is 2.50. The highest BCUT2D eigenvalue weighted by Crippen LogP contribution is 2.38. The zero-order chi connectivity index (χ0) is 14.0. The van der Waals surface area contributed by atoms with Gasteiger partial charge < -0.3 is 5.73 Å². The van der Waals surface area contributed by atoms with Crippen LogP contribution in [-0.2, 0) is 6.42 Å². The van der Waals surface area contributed by atoms with Gasteiger partial charge in [-0.15, -0.1) is 0 Å². The van der Waals surface area contributed by atoms with Crippen molar-refractivity contribution in [2.24, 2.45) is 0 Å². The summed E-state index contributed by atoms with van der Waals surface area (Å²) in [6.45, 7) is 0. The smallest absolute Gasteiger partial charge is 0.0961 e. The first-order valence-electron chi connectivity index (χ1n) is 5.29. The standard InChI is InChI=1S/C13H8Cl3N3/c14-8-4-9(15)12(10(16)5-8)13-11(18)3-7(1-2-17)6-19-13/h3-6H,1,18H2. The van der Waals surface area contributed by atoms with Crippen molar-refractivity contribution < 1.29 is 0 Å². The molecule has 0 aliphatic heterocycles. The maximum Gasteiger partial charge on any atom is 0.0961 e. The van der Waals surface area contributed by atoms with Crippen molar-refractivity contribution in [3.05, 3.63) is 45.0 Å². The molecule has 1 aromatic heterocycles. The number of nitriles is 1. The lowest BCUT2D eigenvalue weighted by molar-refractivity contribution is 1.20. The number of hydrogen-bond donors (Lipinski definition) is 1. The van der Waals surface area contributed by atoms with E-state index >= 15 is 0 Å². The number of halogens is 3. The SMILES string of the molecule is N#CCc1cnc(-c2c(Cl)cc(Cl)cc2Cl)c(N)c1. The molecule has 0 atom stereocenters. The summed E-state index contributed by atoms with van der Waals surface area (Å²) in [4.78, 5) is 4.23. The fourth-order valence-electron chi connectivity index (χ4n) is 1.69. The van der Waals surface area contributed by atoms with E-state index in [4.69, 9.17) is 45.8 Å². The monoisotopic (exact) mass is 311 g/mol. The van der Waals surface area contributed by atoms with Crippen LogP contribution in [-0.4, -0.2) is 4.98 Å². The predicted octanol–water partition coefficient (Wildman–Crippen LogP) is 4.36. The molecule has 0 amide bonds. The molecule has 0 spiro atoms. The summed E-state index contributed by atoms with van der Waals surface area (Å²) in [7, 11) is 0. The number of rotatable bonds is 2. The molecule has 0 saturated carbocycles. The molecule has 6 heteroatoms. The normalized spacial score (nSPS) is 10.2. The maximum atomic E-state index is 8.64. The summed E-state index contributed by atoms with van der Waals surface area (Å²) in [5.74, 6) is 0. The Bertz CT molecular complexity index is 654. The van der Waals surface area contributed by atoms with Crippen molar-refractivity contribution in [3.8, 4) is 17.3 Å². The lowest BCUT2D eigenvalue weighted by Gasteiger charge is -2.10. The fraction of sp³-hybridized carbons (Fsp3) is 0.0769. The van der Waals surface area contributed by atoms with Crippen molar-refractivity contribution in [2.45, 2.75) is 6.42 Å². The summed E-state index contributed by atoms with van der Waals surface area (Å²) in [6.07, 6.45) is 1.83. The van der Waals surface area contributed by atoms with Crippen LogP contribution in [0.3, 0.4) is 0 Å². The molecule has 3 nitrogen and oxygen atoms in total. The Morgan fingerprint density at radius 1 is 1.16 bits per heavy atom. The van der Waals surface area contributed by atoms with Gasteiger partial charge in [0.15, 0.2) is 0 Å². The topological polar surface area (TPSA) is 62.7 Å².